The zero-order chi connectivity index (χ0) is 15.4. The summed E-state index contributed by atoms with van der Waals surface area (Å²) in [7, 11) is 0. The maximum absolute atomic E-state index is 12.0. The quantitative estimate of drug-likeness (QED) is 0.579. The van der Waals surface area contributed by atoms with Crippen molar-refractivity contribution in [3.63, 3.8) is 0 Å². The lowest BCUT2D eigenvalue weighted by atomic mass is 10.5. The highest BCUT2D eigenvalue weighted by Crippen LogP contribution is 2.07. The predicted molar refractivity (Wildman–Crippen MR) is 71.1 cm³/mol. The summed E-state index contributed by atoms with van der Waals surface area (Å²) in [6.45, 7) is 4.46. The molecule has 0 radical (unpaired) electrons. The van der Waals surface area contributed by atoms with E-state index in [9.17, 15) is 9.59 Å². The van der Waals surface area contributed by atoms with Crippen molar-refractivity contribution < 1.29 is 9.63 Å². The number of tetrazole rings is 1. The van der Waals surface area contributed by atoms with Crippen molar-refractivity contribution in [2.75, 3.05) is 13.1 Å². The maximum Gasteiger partial charge on any atom is 0.407 e. The van der Waals surface area contributed by atoms with Crippen molar-refractivity contribution in [1.29, 1.82) is 0 Å². The number of halogens is 1. The normalized spacial score (nSPS) is 10.4. The fourth-order valence-electron chi connectivity index (χ4n) is 1.50. The number of amides is 1. The summed E-state index contributed by atoms with van der Waals surface area (Å²) in [5, 5.41) is 6.88. The van der Waals surface area contributed by atoms with Crippen molar-refractivity contribution in [3.8, 4) is 5.88 Å². The second-order valence-electron chi connectivity index (χ2n) is 3.76. The van der Waals surface area contributed by atoms with Crippen molar-refractivity contribution >= 4 is 17.6 Å². The third kappa shape index (κ3) is 3.16. The molecule has 0 N–H and O–H groups in total. The molecule has 0 aliphatic rings. The highest BCUT2D eigenvalue weighted by molar-refractivity contribution is 6.28. The zero-order valence-corrected chi connectivity index (χ0v) is 12.1. The van der Waals surface area contributed by atoms with E-state index in [0.717, 1.165) is 0 Å². The molecule has 0 aliphatic carbocycles. The van der Waals surface area contributed by atoms with Crippen LogP contribution in [-0.4, -0.2) is 53.9 Å². The minimum Gasteiger partial charge on any atom is -0.331 e. The fourth-order valence-corrected chi connectivity index (χ4v) is 1.64. The molecule has 21 heavy (non-hydrogen) atoms. The van der Waals surface area contributed by atoms with Crippen LogP contribution in [0.3, 0.4) is 0 Å². The summed E-state index contributed by atoms with van der Waals surface area (Å²) in [6, 6.07) is 0.796. The molecule has 0 saturated carbocycles. The lowest BCUT2D eigenvalue weighted by Crippen LogP contribution is -2.41. The van der Waals surface area contributed by atoms with E-state index in [1.54, 1.807) is 13.8 Å². The zero-order valence-electron chi connectivity index (χ0n) is 11.3. The molecule has 0 aromatic carbocycles. The first-order valence-electron chi connectivity index (χ1n) is 6.08. The van der Waals surface area contributed by atoms with Gasteiger partial charge in [0.05, 0.1) is 0 Å². The van der Waals surface area contributed by atoms with E-state index in [-0.39, 0.29) is 11.2 Å². The maximum atomic E-state index is 12.0. The monoisotopic (exact) mass is 313 g/mol. The van der Waals surface area contributed by atoms with Gasteiger partial charge >= 0.3 is 11.7 Å². The minimum absolute atomic E-state index is 0.000520. The van der Waals surface area contributed by atoms with Gasteiger partial charge < -0.3 is 9.74 Å². The molecular formula is C10H12ClN7O3. The van der Waals surface area contributed by atoms with Crippen LogP contribution in [0.2, 0.25) is 5.28 Å². The van der Waals surface area contributed by atoms with Gasteiger partial charge in [-0.05, 0) is 40.7 Å². The van der Waals surface area contributed by atoms with Crippen molar-refractivity contribution in [3.05, 3.63) is 28.0 Å². The molecule has 1 amide bonds. The molecule has 2 rings (SSSR count). The highest BCUT2D eigenvalue weighted by atomic mass is 35.5. The van der Waals surface area contributed by atoms with Crippen LogP contribution in [0.15, 0.2) is 17.1 Å². The standard InChI is InChI=1S/C10H12ClN7O3/c1-3-16(4-2)9(19)17-10(20)18(15-14-17)21-7-5-6-12-8(11)13-7/h5-6H,3-4H2,1-2H3. The molecule has 2 aromatic heterocycles. The fraction of sp³-hybridized carbons (Fsp3) is 0.400. The molecule has 0 bridgehead atoms. The van der Waals surface area contributed by atoms with Gasteiger partial charge in [0.15, 0.2) is 0 Å². The van der Waals surface area contributed by atoms with Gasteiger partial charge in [-0.1, -0.05) is 0 Å². The van der Waals surface area contributed by atoms with E-state index in [0.29, 0.717) is 22.6 Å². The van der Waals surface area contributed by atoms with Crippen LogP contribution in [0.5, 0.6) is 5.88 Å². The number of carbonyl (C=O) groups excluding carboxylic acids is 1. The number of hydrogen-bond acceptors (Lipinski definition) is 7. The second kappa shape index (κ2) is 6.31. The van der Waals surface area contributed by atoms with Gasteiger partial charge in [0.1, 0.15) is 0 Å². The summed E-state index contributed by atoms with van der Waals surface area (Å²) in [5.41, 5.74) is -0.846. The number of nitrogens with zero attached hydrogens (tertiary/aromatic N) is 7. The van der Waals surface area contributed by atoms with Crippen LogP contribution >= 0.6 is 11.6 Å². The van der Waals surface area contributed by atoms with Gasteiger partial charge in [0.25, 0.3) is 5.88 Å². The Bertz CT molecular complexity index is 694. The van der Waals surface area contributed by atoms with Crippen LogP contribution in [0.25, 0.3) is 0 Å². The lowest BCUT2D eigenvalue weighted by Gasteiger charge is -2.16. The van der Waals surface area contributed by atoms with Crippen LogP contribution < -0.4 is 10.5 Å². The number of carbonyl (C=O) groups is 1. The first-order chi connectivity index (χ1) is 10.1. The van der Waals surface area contributed by atoms with E-state index in [1.807, 2.05) is 0 Å². The Labute approximate surface area is 123 Å². The third-order valence-electron chi connectivity index (χ3n) is 2.55. The van der Waals surface area contributed by atoms with Crippen molar-refractivity contribution in [1.82, 2.24) is 34.8 Å². The van der Waals surface area contributed by atoms with E-state index in [4.69, 9.17) is 16.4 Å². The number of rotatable bonds is 4. The van der Waals surface area contributed by atoms with Gasteiger partial charge in [0, 0.05) is 25.4 Å². The molecule has 0 aliphatic heterocycles. The second-order valence-corrected chi connectivity index (χ2v) is 4.09. The van der Waals surface area contributed by atoms with Crippen molar-refractivity contribution in [2.45, 2.75) is 13.8 Å². The van der Waals surface area contributed by atoms with Crippen LogP contribution in [0, 0.1) is 0 Å². The third-order valence-corrected chi connectivity index (χ3v) is 2.73. The smallest absolute Gasteiger partial charge is 0.331 e. The summed E-state index contributed by atoms with van der Waals surface area (Å²) in [4.78, 5) is 38.4. The number of aromatic nitrogens is 6. The van der Waals surface area contributed by atoms with Gasteiger partial charge in [-0.3, -0.25) is 0 Å². The molecule has 0 saturated heterocycles. The van der Waals surface area contributed by atoms with E-state index < -0.39 is 11.7 Å². The molecule has 0 atom stereocenters. The average molecular weight is 314 g/mol. The Balaban J connectivity index is 2.25. The summed E-state index contributed by atoms with van der Waals surface area (Å²) >= 11 is 5.59. The molecule has 0 unspecified atom stereocenters. The number of hydrogen-bond donors (Lipinski definition) is 0. The molecule has 0 fully saturated rings. The Morgan fingerprint density at radius 3 is 2.71 bits per heavy atom. The van der Waals surface area contributed by atoms with Gasteiger partial charge in [-0.2, -0.15) is 4.98 Å². The van der Waals surface area contributed by atoms with Gasteiger partial charge in [0.2, 0.25) is 5.28 Å². The molecular weight excluding hydrogens is 302 g/mol. The molecule has 2 heterocycles. The minimum atomic E-state index is -0.846. The van der Waals surface area contributed by atoms with Crippen LogP contribution in [-0.2, 0) is 0 Å². The predicted octanol–water partition coefficient (Wildman–Crippen LogP) is 0.0352. The Morgan fingerprint density at radius 1 is 1.38 bits per heavy atom. The molecule has 11 heteroatoms. The van der Waals surface area contributed by atoms with Gasteiger partial charge in [-0.15, -0.1) is 4.68 Å². The first-order valence-corrected chi connectivity index (χ1v) is 6.45. The molecule has 0 spiro atoms. The Morgan fingerprint density at radius 2 is 2.10 bits per heavy atom. The average Bonchev–Trinajstić information content (AvgIpc) is 2.81. The largest absolute Gasteiger partial charge is 0.407 e. The van der Waals surface area contributed by atoms with Crippen LogP contribution in [0.4, 0.5) is 4.79 Å². The lowest BCUT2D eigenvalue weighted by molar-refractivity contribution is 0.154. The first kappa shape index (κ1) is 14.9. The van der Waals surface area contributed by atoms with Gasteiger partial charge in [-0.25, -0.2) is 14.6 Å². The van der Waals surface area contributed by atoms with E-state index >= 15 is 0 Å². The Hall–Kier alpha value is -2.49. The van der Waals surface area contributed by atoms with Crippen molar-refractivity contribution in [2.24, 2.45) is 0 Å². The van der Waals surface area contributed by atoms with E-state index in [1.165, 1.54) is 17.2 Å². The van der Waals surface area contributed by atoms with E-state index in [2.05, 4.69) is 20.4 Å². The van der Waals surface area contributed by atoms with Crippen LogP contribution in [0.1, 0.15) is 13.8 Å². The SMILES string of the molecule is CCN(CC)C(=O)n1nnn(Oc2ccnc(Cl)n2)c1=O. The highest BCUT2D eigenvalue weighted by Gasteiger charge is 2.19. The summed E-state index contributed by atoms with van der Waals surface area (Å²) in [6.07, 6.45) is 1.35. The summed E-state index contributed by atoms with van der Waals surface area (Å²) < 4.78 is 0.607. The Kier molecular flexibility index (Phi) is 4.48. The molecule has 10 nitrogen and oxygen atoms in total. The topological polar surface area (TPSA) is 108 Å². The summed E-state index contributed by atoms with van der Waals surface area (Å²) in [5.74, 6) is -0.000520. The molecule has 2 aromatic rings. The molecule has 112 valence electrons.